The van der Waals surface area contributed by atoms with E-state index in [0.717, 1.165) is 0 Å². The van der Waals surface area contributed by atoms with Crippen molar-refractivity contribution < 1.29 is 34.1 Å². The Morgan fingerprint density at radius 1 is 1.23 bits per heavy atom. The minimum atomic E-state index is -1.20. The molecule has 0 bridgehead atoms. The van der Waals surface area contributed by atoms with E-state index in [1.165, 1.54) is 12.1 Å². The molecule has 120 valence electrons. The molecule has 0 aromatic heterocycles. The van der Waals surface area contributed by atoms with Gasteiger partial charge in [-0.25, -0.2) is 9.59 Å². The Kier molecular flexibility index (Phi) is 7.20. The van der Waals surface area contributed by atoms with Crippen LogP contribution in [-0.2, 0) is 14.3 Å². The Labute approximate surface area is 131 Å². The zero-order valence-corrected chi connectivity index (χ0v) is 12.3. The second-order valence-corrected chi connectivity index (χ2v) is 4.42. The average molecular weight is 329 g/mol. The van der Waals surface area contributed by atoms with Gasteiger partial charge in [0, 0.05) is 5.75 Å². The van der Waals surface area contributed by atoms with Crippen molar-refractivity contribution in [2.75, 3.05) is 19.2 Å². The molecule has 0 saturated heterocycles. The molecule has 0 heterocycles. The number of hydrogen-bond donors (Lipinski definition) is 4. The van der Waals surface area contributed by atoms with Crippen molar-refractivity contribution >= 4 is 30.5 Å². The van der Waals surface area contributed by atoms with E-state index in [9.17, 15) is 14.4 Å². The number of hydrogen-bond acceptors (Lipinski definition) is 6. The normalized spacial score (nSPS) is 11.5. The smallest absolute Gasteiger partial charge is 0.339 e. The average Bonchev–Trinajstić information content (AvgIpc) is 2.49. The van der Waals surface area contributed by atoms with Gasteiger partial charge in [0.1, 0.15) is 24.0 Å². The van der Waals surface area contributed by atoms with Gasteiger partial charge in [0.15, 0.2) is 6.79 Å². The van der Waals surface area contributed by atoms with Crippen LogP contribution >= 0.6 is 12.6 Å². The predicted molar refractivity (Wildman–Crippen MR) is 78.3 cm³/mol. The van der Waals surface area contributed by atoms with E-state index in [2.05, 4.69) is 17.9 Å². The molecular weight excluding hydrogens is 314 g/mol. The molecule has 3 N–H and O–H groups in total. The highest BCUT2D eigenvalue weighted by Crippen LogP contribution is 2.17. The van der Waals surface area contributed by atoms with Crippen LogP contribution in [0.5, 0.6) is 5.75 Å². The number of carbonyl (C=O) groups excluding carboxylic acids is 1. The summed E-state index contributed by atoms with van der Waals surface area (Å²) in [6.45, 7) is -0.775. The van der Waals surface area contributed by atoms with E-state index in [1.807, 2.05) is 0 Å². The third-order valence-electron chi connectivity index (χ3n) is 2.46. The molecule has 1 unspecified atom stereocenters. The Balaban J connectivity index is 2.38. The quantitative estimate of drug-likeness (QED) is 0.291. The fourth-order valence-corrected chi connectivity index (χ4v) is 1.68. The lowest BCUT2D eigenvalue weighted by Crippen LogP contribution is -2.43. The molecule has 0 radical (unpaired) electrons. The van der Waals surface area contributed by atoms with Gasteiger partial charge < -0.3 is 25.0 Å². The van der Waals surface area contributed by atoms with Crippen molar-refractivity contribution in [2.24, 2.45) is 0 Å². The van der Waals surface area contributed by atoms with Gasteiger partial charge in [-0.15, -0.1) is 0 Å². The maximum atomic E-state index is 11.4. The highest BCUT2D eigenvalue weighted by atomic mass is 32.1. The fraction of sp³-hybridized carbons (Fsp3) is 0.308. The van der Waals surface area contributed by atoms with Gasteiger partial charge in [-0.1, -0.05) is 12.1 Å². The highest BCUT2D eigenvalue weighted by molar-refractivity contribution is 7.80. The van der Waals surface area contributed by atoms with E-state index in [4.69, 9.17) is 19.7 Å². The summed E-state index contributed by atoms with van der Waals surface area (Å²) in [4.78, 5) is 33.1. The zero-order chi connectivity index (χ0) is 16.5. The van der Waals surface area contributed by atoms with Crippen LogP contribution in [0.4, 0.5) is 0 Å². The molecule has 0 aliphatic rings. The molecule has 0 aliphatic carbocycles. The SMILES string of the molecule is O=C(COCOc1ccccc1C(=O)O)NC(CS)C(=O)O. The standard InChI is InChI=1S/C13H15NO7S/c15-11(14-9(6-22)13(18)19)5-20-7-21-10-4-2-1-3-8(10)12(16)17/h1-4,9,22H,5-7H2,(H,14,15)(H,16,17)(H,18,19). The molecule has 1 aromatic rings. The van der Waals surface area contributed by atoms with Crippen molar-refractivity contribution in [3.8, 4) is 5.75 Å². The van der Waals surface area contributed by atoms with Crippen LogP contribution in [0.15, 0.2) is 24.3 Å². The predicted octanol–water partition coefficient (Wildman–Crippen LogP) is 0.237. The van der Waals surface area contributed by atoms with E-state index in [0.29, 0.717) is 0 Å². The van der Waals surface area contributed by atoms with Crippen LogP contribution in [0.25, 0.3) is 0 Å². The number of aromatic carboxylic acids is 1. The van der Waals surface area contributed by atoms with Crippen molar-refractivity contribution in [2.45, 2.75) is 6.04 Å². The van der Waals surface area contributed by atoms with Gasteiger partial charge in [-0.3, -0.25) is 4.79 Å². The molecule has 22 heavy (non-hydrogen) atoms. The molecule has 0 spiro atoms. The summed E-state index contributed by atoms with van der Waals surface area (Å²) in [5, 5.41) is 19.9. The number of nitrogens with one attached hydrogen (secondary N) is 1. The third-order valence-corrected chi connectivity index (χ3v) is 2.83. The van der Waals surface area contributed by atoms with Gasteiger partial charge in [-0.05, 0) is 12.1 Å². The lowest BCUT2D eigenvalue weighted by molar-refractivity contribution is -0.142. The van der Waals surface area contributed by atoms with Crippen molar-refractivity contribution in [3.63, 3.8) is 0 Å². The fourth-order valence-electron chi connectivity index (χ4n) is 1.43. The maximum absolute atomic E-state index is 11.4. The Bertz CT molecular complexity index is 549. The largest absolute Gasteiger partial charge is 0.480 e. The summed E-state index contributed by atoms with van der Waals surface area (Å²) in [6, 6.07) is 4.86. The Morgan fingerprint density at radius 3 is 2.50 bits per heavy atom. The minimum absolute atomic E-state index is 0.0310. The minimum Gasteiger partial charge on any atom is -0.480 e. The van der Waals surface area contributed by atoms with Gasteiger partial charge in [0.2, 0.25) is 5.91 Å². The molecule has 8 nitrogen and oxygen atoms in total. The summed E-state index contributed by atoms with van der Waals surface area (Å²) in [5.74, 6) is -2.93. The number of carbonyl (C=O) groups is 3. The first kappa shape index (κ1) is 17.8. The summed E-state index contributed by atoms with van der Waals surface area (Å²) < 4.78 is 10.0. The second-order valence-electron chi connectivity index (χ2n) is 4.05. The van der Waals surface area contributed by atoms with Gasteiger partial charge in [0.25, 0.3) is 0 Å². The zero-order valence-electron chi connectivity index (χ0n) is 11.4. The monoisotopic (exact) mass is 329 g/mol. The number of carboxylic acids is 2. The molecule has 0 saturated carbocycles. The maximum Gasteiger partial charge on any atom is 0.339 e. The summed E-state index contributed by atoms with van der Waals surface area (Å²) in [7, 11) is 0. The molecule has 1 rings (SSSR count). The number of amides is 1. The number of para-hydroxylation sites is 1. The first-order valence-corrected chi connectivity index (χ1v) is 6.74. The second kappa shape index (κ2) is 8.90. The number of thiol groups is 1. The molecule has 0 fully saturated rings. The van der Waals surface area contributed by atoms with Crippen LogP contribution in [0.1, 0.15) is 10.4 Å². The number of aliphatic carboxylic acids is 1. The number of carboxylic acid groups (broad SMARTS) is 2. The third kappa shape index (κ3) is 5.62. The van der Waals surface area contributed by atoms with Crippen LogP contribution < -0.4 is 10.1 Å². The molecule has 9 heteroatoms. The Morgan fingerprint density at radius 2 is 1.91 bits per heavy atom. The van der Waals surface area contributed by atoms with E-state index < -0.39 is 30.5 Å². The number of ether oxygens (including phenoxy) is 2. The lowest BCUT2D eigenvalue weighted by atomic mass is 10.2. The molecule has 1 aromatic carbocycles. The van der Waals surface area contributed by atoms with Gasteiger partial charge >= 0.3 is 11.9 Å². The van der Waals surface area contributed by atoms with E-state index in [1.54, 1.807) is 12.1 Å². The van der Waals surface area contributed by atoms with Crippen LogP contribution in [0.3, 0.4) is 0 Å². The summed E-state index contributed by atoms with van der Waals surface area (Å²) in [6.07, 6.45) is 0. The highest BCUT2D eigenvalue weighted by Gasteiger charge is 2.18. The number of rotatable bonds is 9. The van der Waals surface area contributed by atoms with Crippen molar-refractivity contribution in [1.29, 1.82) is 0 Å². The van der Waals surface area contributed by atoms with Crippen LogP contribution in [-0.4, -0.2) is 53.3 Å². The molecule has 1 atom stereocenters. The Hall–Kier alpha value is -2.26. The van der Waals surface area contributed by atoms with Crippen LogP contribution in [0, 0.1) is 0 Å². The first-order chi connectivity index (χ1) is 10.5. The lowest BCUT2D eigenvalue weighted by Gasteiger charge is -2.12. The summed E-state index contributed by atoms with van der Waals surface area (Å²) in [5.41, 5.74) is -0.0310. The van der Waals surface area contributed by atoms with Gasteiger partial charge in [0.05, 0.1) is 0 Å². The van der Waals surface area contributed by atoms with E-state index >= 15 is 0 Å². The van der Waals surface area contributed by atoms with E-state index in [-0.39, 0.29) is 23.9 Å². The summed E-state index contributed by atoms with van der Waals surface area (Å²) >= 11 is 3.80. The first-order valence-electron chi connectivity index (χ1n) is 6.11. The van der Waals surface area contributed by atoms with Crippen LogP contribution in [0.2, 0.25) is 0 Å². The number of benzene rings is 1. The molecule has 0 aliphatic heterocycles. The molecular formula is C13H15NO7S. The topological polar surface area (TPSA) is 122 Å². The van der Waals surface area contributed by atoms with Crippen molar-refractivity contribution in [3.05, 3.63) is 29.8 Å². The molecule has 1 amide bonds. The van der Waals surface area contributed by atoms with Gasteiger partial charge in [-0.2, -0.15) is 12.6 Å². The van der Waals surface area contributed by atoms with Crippen molar-refractivity contribution in [1.82, 2.24) is 5.32 Å².